The molecule has 17 heavy (non-hydrogen) atoms. The number of nitrogens with one attached hydrogen (secondary N) is 2. The van der Waals surface area contributed by atoms with E-state index in [1.165, 1.54) is 48.8 Å². The molecule has 1 unspecified atom stereocenters. The minimum atomic E-state index is 0.705. The van der Waals surface area contributed by atoms with E-state index in [-0.39, 0.29) is 0 Å². The van der Waals surface area contributed by atoms with Gasteiger partial charge in [-0.05, 0) is 57.2 Å². The van der Waals surface area contributed by atoms with Gasteiger partial charge < -0.3 is 10.6 Å². The predicted octanol–water partition coefficient (Wildman–Crippen LogP) is 1.93. The summed E-state index contributed by atoms with van der Waals surface area (Å²) in [6, 6.07) is 0. The largest absolute Gasteiger partial charge is 0.317 e. The molecule has 2 fully saturated rings. The quantitative estimate of drug-likeness (QED) is 0.858. The summed E-state index contributed by atoms with van der Waals surface area (Å²) in [5.41, 5.74) is 0.705. The van der Waals surface area contributed by atoms with E-state index in [0.29, 0.717) is 5.41 Å². The van der Waals surface area contributed by atoms with Gasteiger partial charge in [0.15, 0.2) is 0 Å². The van der Waals surface area contributed by atoms with Crippen LogP contribution in [-0.4, -0.2) is 24.6 Å². The van der Waals surface area contributed by atoms with Crippen molar-refractivity contribution in [3.63, 3.8) is 0 Å². The number of hydrogen-bond donors (Lipinski definition) is 2. The van der Waals surface area contributed by atoms with Gasteiger partial charge in [-0.1, -0.05) is 0 Å². The zero-order chi connectivity index (χ0) is 11.7. The number of hydrogen-bond acceptors (Lipinski definition) is 4. The topological polar surface area (TPSA) is 37.0 Å². The highest BCUT2D eigenvalue weighted by Crippen LogP contribution is 2.58. The molecule has 4 heteroatoms. The first-order chi connectivity index (χ1) is 8.28. The molecule has 1 aliphatic carbocycles. The fraction of sp³-hybridized carbons (Fsp3) is 0.769. The van der Waals surface area contributed by atoms with Gasteiger partial charge in [0.25, 0.3) is 0 Å². The Kier molecular flexibility index (Phi) is 3.19. The maximum atomic E-state index is 4.38. The Morgan fingerprint density at radius 3 is 3.06 bits per heavy atom. The van der Waals surface area contributed by atoms with Crippen LogP contribution in [0.1, 0.15) is 29.1 Å². The Hall–Kier alpha value is -0.450. The van der Waals surface area contributed by atoms with Crippen molar-refractivity contribution in [2.75, 3.05) is 19.6 Å². The molecule has 0 bridgehead atoms. The molecule has 2 N–H and O–H groups in total. The maximum Gasteiger partial charge on any atom is 0.107 e. The van der Waals surface area contributed by atoms with Crippen LogP contribution >= 0.6 is 11.3 Å². The Morgan fingerprint density at radius 1 is 1.53 bits per heavy atom. The first-order valence-electron chi connectivity index (χ1n) is 6.61. The molecule has 1 atom stereocenters. The van der Waals surface area contributed by atoms with E-state index in [2.05, 4.69) is 22.5 Å². The minimum absolute atomic E-state index is 0.705. The summed E-state index contributed by atoms with van der Waals surface area (Å²) in [6.45, 7) is 6.69. The molecule has 1 saturated heterocycles. The maximum absolute atomic E-state index is 4.38. The van der Waals surface area contributed by atoms with Gasteiger partial charge in [0, 0.05) is 17.6 Å². The van der Waals surface area contributed by atoms with Crippen molar-refractivity contribution in [3.8, 4) is 0 Å². The second-order valence-electron chi connectivity index (χ2n) is 5.51. The summed E-state index contributed by atoms with van der Waals surface area (Å²) in [5, 5.41) is 8.26. The SMILES string of the molecule is Cc1cnc(CNCC2CC23CCNCC3)s1. The van der Waals surface area contributed by atoms with Crippen molar-refractivity contribution < 1.29 is 0 Å². The molecule has 1 saturated carbocycles. The van der Waals surface area contributed by atoms with Crippen LogP contribution in [0.25, 0.3) is 0 Å². The number of piperidine rings is 1. The molecule has 2 aliphatic rings. The molecule has 3 nitrogen and oxygen atoms in total. The molecule has 0 radical (unpaired) electrons. The fourth-order valence-corrected chi connectivity index (χ4v) is 3.85. The Labute approximate surface area is 107 Å². The highest BCUT2D eigenvalue weighted by molar-refractivity contribution is 7.11. The average molecular weight is 251 g/mol. The number of aryl methyl sites for hydroxylation is 1. The second-order valence-corrected chi connectivity index (χ2v) is 6.83. The predicted molar refractivity (Wildman–Crippen MR) is 71.2 cm³/mol. The number of thiazole rings is 1. The van der Waals surface area contributed by atoms with E-state index in [9.17, 15) is 0 Å². The normalized spacial score (nSPS) is 26.3. The van der Waals surface area contributed by atoms with Crippen LogP contribution in [0.3, 0.4) is 0 Å². The van der Waals surface area contributed by atoms with Gasteiger partial charge in [-0.15, -0.1) is 11.3 Å². The number of aromatic nitrogens is 1. The summed E-state index contributed by atoms with van der Waals surface area (Å²) >= 11 is 1.80. The van der Waals surface area contributed by atoms with Crippen LogP contribution < -0.4 is 10.6 Å². The van der Waals surface area contributed by atoms with Crippen LogP contribution in [0.15, 0.2) is 6.20 Å². The third-order valence-electron chi connectivity index (χ3n) is 4.29. The number of nitrogens with zero attached hydrogens (tertiary/aromatic N) is 1. The lowest BCUT2D eigenvalue weighted by Gasteiger charge is -2.23. The molecule has 3 rings (SSSR count). The Balaban J connectivity index is 1.41. The van der Waals surface area contributed by atoms with Gasteiger partial charge in [0.1, 0.15) is 5.01 Å². The van der Waals surface area contributed by atoms with Crippen LogP contribution in [0.5, 0.6) is 0 Å². The lowest BCUT2D eigenvalue weighted by atomic mass is 9.92. The minimum Gasteiger partial charge on any atom is -0.317 e. The van der Waals surface area contributed by atoms with Crippen LogP contribution in [0.2, 0.25) is 0 Å². The molecule has 1 aromatic heterocycles. The van der Waals surface area contributed by atoms with E-state index in [0.717, 1.165) is 12.5 Å². The van der Waals surface area contributed by atoms with Crippen LogP contribution in [0.4, 0.5) is 0 Å². The van der Waals surface area contributed by atoms with Crippen molar-refractivity contribution in [1.29, 1.82) is 0 Å². The second kappa shape index (κ2) is 4.67. The molecular weight excluding hydrogens is 230 g/mol. The molecule has 1 aromatic rings. The van der Waals surface area contributed by atoms with Gasteiger partial charge in [0.05, 0.1) is 0 Å². The van der Waals surface area contributed by atoms with Crippen molar-refractivity contribution in [2.45, 2.75) is 32.7 Å². The summed E-state index contributed by atoms with van der Waals surface area (Å²) in [7, 11) is 0. The van der Waals surface area contributed by atoms with Gasteiger partial charge in [-0.2, -0.15) is 0 Å². The first kappa shape index (κ1) is 11.6. The summed E-state index contributed by atoms with van der Waals surface area (Å²) in [6.07, 6.45) is 6.18. The van der Waals surface area contributed by atoms with Crippen molar-refractivity contribution in [2.24, 2.45) is 11.3 Å². The molecular formula is C13H21N3S. The molecule has 1 spiro atoms. The Bertz CT molecular complexity index is 382. The lowest BCUT2D eigenvalue weighted by molar-refractivity contribution is 0.319. The molecule has 0 aromatic carbocycles. The Morgan fingerprint density at radius 2 is 2.35 bits per heavy atom. The lowest BCUT2D eigenvalue weighted by Crippen LogP contribution is -2.31. The van der Waals surface area contributed by atoms with E-state index in [4.69, 9.17) is 0 Å². The standard InChI is InChI=1S/C13H21N3S/c1-10-7-16-12(17-10)9-15-8-11-6-13(11)2-4-14-5-3-13/h7,11,14-15H,2-6,8-9H2,1H3. The number of rotatable bonds is 4. The molecule has 94 valence electrons. The zero-order valence-electron chi connectivity index (χ0n) is 10.5. The summed E-state index contributed by atoms with van der Waals surface area (Å²) in [4.78, 5) is 5.69. The molecule has 2 heterocycles. The highest BCUT2D eigenvalue weighted by Gasteiger charge is 2.52. The zero-order valence-corrected chi connectivity index (χ0v) is 11.3. The van der Waals surface area contributed by atoms with Crippen molar-refractivity contribution >= 4 is 11.3 Å². The van der Waals surface area contributed by atoms with E-state index < -0.39 is 0 Å². The van der Waals surface area contributed by atoms with Gasteiger partial charge >= 0.3 is 0 Å². The van der Waals surface area contributed by atoms with E-state index in [1.807, 2.05) is 6.20 Å². The monoisotopic (exact) mass is 251 g/mol. The van der Waals surface area contributed by atoms with Gasteiger partial charge in [-0.3, -0.25) is 0 Å². The van der Waals surface area contributed by atoms with E-state index >= 15 is 0 Å². The smallest absolute Gasteiger partial charge is 0.107 e. The average Bonchev–Trinajstić information content (AvgIpc) is 2.80. The van der Waals surface area contributed by atoms with Crippen LogP contribution in [0, 0.1) is 18.3 Å². The summed E-state index contributed by atoms with van der Waals surface area (Å²) in [5.74, 6) is 0.922. The third-order valence-corrected chi connectivity index (χ3v) is 5.21. The first-order valence-corrected chi connectivity index (χ1v) is 7.43. The highest BCUT2D eigenvalue weighted by atomic mass is 32.1. The molecule has 0 amide bonds. The third kappa shape index (κ3) is 2.54. The van der Waals surface area contributed by atoms with Crippen molar-refractivity contribution in [3.05, 3.63) is 16.1 Å². The fourth-order valence-electron chi connectivity index (χ4n) is 3.09. The van der Waals surface area contributed by atoms with Crippen molar-refractivity contribution in [1.82, 2.24) is 15.6 Å². The molecule has 1 aliphatic heterocycles. The van der Waals surface area contributed by atoms with E-state index in [1.54, 1.807) is 11.3 Å². The van der Waals surface area contributed by atoms with Gasteiger partial charge in [0.2, 0.25) is 0 Å². The summed E-state index contributed by atoms with van der Waals surface area (Å²) < 4.78 is 0. The van der Waals surface area contributed by atoms with Gasteiger partial charge in [-0.25, -0.2) is 4.98 Å². The van der Waals surface area contributed by atoms with Crippen LogP contribution in [-0.2, 0) is 6.54 Å².